The van der Waals surface area contributed by atoms with Crippen molar-refractivity contribution in [3.8, 4) is 5.75 Å². The summed E-state index contributed by atoms with van der Waals surface area (Å²) >= 11 is 0. The molecule has 3 heteroatoms. The van der Waals surface area contributed by atoms with Gasteiger partial charge in [-0.3, -0.25) is 4.79 Å². The normalized spacial score (nSPS) is 10.3. The first-order chi connectivity index (χ1) is 12.2. The minimum absolute atomic E-state index is 0.112. The maximum Gasteiger partial charge on any atom is 0.255 e. The van der Waals surface area contributed by atoms with Crippen molar-refractivity contribution in [2.24, 2.45) is 0 Å². The molecule has 3 aromatic carbocycles. The van der Waals surface area contributed by atoms with Crippen LogP contribution in [-0.2, 0) is 6.42 Å². The van der Waals surface area contributed by atoms with Gasteiger partial charge in [-0.05, 0) is 36.2 Å². The van der Waals surface area contributed by atoms with E-state index in [2.05, 4.69) is 17.4 Å². The number of rotatable bonds is 6. The zero-order valence-corrected chi connectivity index (χ0v) is 14.2. The quantitative estimate of drug-likeness (QED) is 0.700. The van der Waals surface area contributed by atoms with E-state index in [0.29, 0.717) is 12.2 Å². The van der Waals surface area contributed by atoms with Crippen LogP contribution in [0.3, 0.4) is 0 Å². The highest BCUT2D eigenvalue weighted by molar-refractivity contribution is 6.05. The van der Waals surface area contributed by atoms with Gasteiger partial charge in [-0.1, -0.05) is 54.6 Å². The van der Waals surface area contributed by atoms with Crippen LogP contribution >= 0.6 is 0 Å². The molecule has 126 valence electrons. The summed E-state index contributed by atoms with van der Waals surface area (Å²) in [5, 5.41) is 2.93. The van der Waals surface area contributed by atoms with Crippen LogP contribution in [-0.4, -0.2) is 12.5 Å². The molecule has 3 nitrogen and oxygen atoms in total. The van der Waals surface area contributed by atoms with Crippen LogP contribution in [0, 0.1) is 6.92 Å². The van der Waals surface area contributed by atoms with Gasteiger partial charge in [0.25, 0.3) is 5.91 Å². The molecule has 1 N–H and O–H groups in total. The van der Waals surface area contributed by atoms with E-state index in [9.17, 15) is 4.79 Å². The van der Waals surface area contributed by atoms with E-state index in [4.69, 9.17) is 4.74 Å². The van der Waals surface area contributed by atoms with Crippen molar-refractivity contribution in [3.05, 3.63) is 95.6 Å². The summed E-state index contributed by atoms with van der Waals surface area (Å²) in [6.45, 7) is 2.53. The van der Waals surface area contributed by atoms with E-state index in [1.165, 1.54) is 5.56 Å². The molecule has 0 aliphatic carbocycles. The molecule has 0 saturated carbocycles. The van der Waals surface area contributed by atoms with Crippen LogP contribution in [0.5, 0.6) is 5.75 Å². The molecule has 0 saturated heterocycles. The van der Waals surface area contributed by atoms with Gasteiger partial charge in [-0.25, -0.2) is 0 Å². The van der Waals surface area contributed by atoms with Gasteiger partial charge in [0, 0.05) is 23.7 Å². The molecule has 0 aliphatic rings. The maximum absolute atomic E-state index is 12.4. The van der Waals surface area contributed by atoms with Crippen LogP contribution in [0.15, 0.2) is 78.9 Å². The first-order valence-electron chi connectivity index (χ1n) is 8.36. The second-order valence-electron chi connectivity index (χ2n) is 5.88. The molecule has 3 aromatic rings. The molecule has 0 fully saturated rings. The molecule has 0 bridgehead atoms. The Morgan fingerprint density at radius 1 is 0.920 bits per heavy atom. The summed E-state index contributed by atoms with van der Waals surface area (Å²) in [6, 6.07) is 25.3. The maximum atomic E-state index is 12.4. The van der Waals surface area contributed by atoms with Crippen LogP contribution in [0.2, 0.25) is 0 Å². The van der Waals surface area contributed by atoms with Crippen LogP contribution in [0.1, 0.15) is 21.5 Å². The summed E-state index contributed by atoms with van der Waals surface area (Å²) < 4.78 is 5.81. The fourth-order valence-electron chi connectivity index (χ4n) is 2.62. The SMILES string of the molecule is Cc1ccccc1C(=O)Nc1cccc(OCCc2ccccc2)c1. The number of hydrogen-bond acceptors (Lipinski definition) is 2. The Labute approximate surface area is 148 Å². The predicted molar refractivity (Wildman–Crippen MR) is 101 cm³/mol. The Hall–Kier alpha value is -3.07. The molecular formula is C22H21NO2. The molecule has 25 heavy (non-hydrogen) atoms. The minimum atomic E-state index is -0.112. The zero-order chi connectivity index (χ0) is 17.5. The lowest BCUT2D eigenvalue weighted by Gasteiger charge is -2.10. The molecule has 0 spiro atoms. The third-order valence-electron chi connectivity index (χ3n) is 3.98. The predicted octanol–water partition coefficient (Wildman–Crippen LogP) is 4.87. The van der Waals surface area contributed by atoms with Crippen molar-refractivity contribution >= 4 is 11.6 Å². The summed E-state index contributed by atoms with van der Waals surface area (Å²) in [5.41, 5.74) is 3.60. The number of carbonyl (C=O) groups is 1. The Morgan fingerprint density at radius 2 is 1.68 bits per heavy atom. The number of nitrogens with one attached hydrogen (secondary N) is 1. The fourth-order valence-corrected chi connectivity index (χ4v) is 2.62. The monoisotopic (exact) mass is 331 g/mol. The van der Waals surface area contributed by atoms with Gasteiger partial charge in [0.15, 0.2) is 0 Å². The minimum Gasteiger partial charge on any atom is -0.493 e. The molecule has 0 unspecified atom stereocenters. The molecule has 0 radical (unpaired) electrons. The third kappa shape index (κ3) is 4.70. The summed E-state index contributed by atoms with van der Waals surface area (Å²) in [4.78, 5) is 12.4. The number of anilines is 1. The fraction of sp³-hybridized carbons (Fsp3) is 0.136. The Balaban J connectivity index is 1.59. The highest BCUT2D eigenvalue weighted by atomic mass is 16.5. The van der Waals surface area contributed by atoms with Gasteiger partial charge in [-0.15, -0.1) is 0 Å². The van der Waals surface area contributed by atoms with E-state index in [1.54, 1.807) is 0 Å². The van der Waals surface area contributed by atoms with Crippen molar-refractivity contribution in [2.75, 3.05) is 11.9 Å². The summed E-state index contributed by atoms with van der Waals surface area (Å²) in [6.07, 6.45) is 0.848. The Bertz CT molecular complexity index is 843. The highest BCUT2D eigenvalue weighted by Gasteiger charge is 2.08. The Kier molecular flexibility index (Phi) is 5.47. The van der Waals surface area contributed by atoms with E-state index in [-0.39, 0.29) is 5.91 Å². The Morgan fingerprint density at radius 3 is 2.48 bits per heavy atom. The number of ether oxygens (including phenoxy) is 1. The zero-order valence-electron chi connectivity index (χ0n) is 14.2. The number of aryl methyl sites for hydroxylation is 1. The van der Waals surface area contributed by atoms with Crippen LogP contribution in [0.25, 0.3) is 0 Å². The number of hydrogen-bond donors (Lipinski definition) is 1. The number of amides is 1. The molecule has 3 rings (SSSR count). The molecule has 0 aromatic heterocycles. The van der Waals surface area contributed by atoms with Gasteiger partial charge in [0.2, 0.25) is 0 Å². The second kappa shape index (κ2) is 8.15. The van der Waals surface area contributed by atoms with Gasteiger partial charge in [0.05, 0.1) is 6.61 Å². The van der Waals surface area contributed by atoms with Crippen molar-refractivity contribution in [1.82, 2.24) is 0 Å². The van der Waals surface area contributed by atoms with Crippen molar-refractivity contribution in [2.45, 2.75) is 13.3 Å². The second-order valence-corrected chi connectivity index (χ2v) is 5.88. The van der Waals surface area contributed by atoms with Gasteiger partial charge in [-0.2, -0.15) is 0 Å². The summed E-state index contributed by atoms with van der Waals surface area (Å²) in [5.74, 6) is 0.637. The van der Waals surface area contributed by atoms with E-state index in [0.717, 1.165) is 23.4 Å². The highest BCUT2D eigenvalue weighted by Crippen LogP contribution is 2.19. The molecule has 0 heterocycles. The first kappa shape index (κ1) is 16.8. The molecule has 0 atom stereocenters. The van der Waals surface area contributed by atoms with E-state index in [1.807, 2.05) is 73.7 Å². The number of carbonyl (C=O) groups excluding carboxylic acids is 1. The smallest absolute Gasteiger partial charge is 0.255 e. The van der Waals surface area contributed by atoms with Gasteiger partial charge < -0.3 is 10.1 Å². The summed E-state index contributed by atoms with van der Waals surface area (Å²) in [7, 11) is 0. The average Bonchev–Trinajstić information content (AvgIpc) is 2.63. The van der Waals surface area contributed by atoms with Crippen LogP contribution < -0.4 is 10.1 Å². The van der Waals surface area contributed by atoms with Crippen molar-refractivity contribution in [1.29, 1.82) is 0 Å². The lowest BCUT2D eigenvalue weighted by molar-refractivity contribution is 0.102. The molecule has 1 amide bonds. The topological polar surface area (TPSA) is 38.3 Å². The lowest BCUT2D eigenvalue weighted by Crippen LogP contribution is -2.13. The lowest BCUT2D eigenvalue weighted by atomic mass is 10.1. The first-order valence-corrected chi connectivity index (χ1v) is 8.36. The van der Waals surface area contributed by atoms with Gasteiger partial charge in [0.1, 0.15) is 5.75 Å². The number of benzene rings is 3. The van der Waals surface area contributed by atoms with Crippen molar-refractivity contribution in [3.63, 3.8) is 0 Å². The van der Waals surface area contributed by atoms with Gasteiger partial charge >= 0.3 is 0 Å². The molecular weight excluding hydrogens is 310 g/mol. The largest absolute Gasteiger partial charge is 0.493 e. The molecule has 0 aliphatic heterocycles. The third-order valence-corrected chi connectivity index (χ3v) is 3.98. The standard InChI is InChI=1S/C22H21NO2/c1-17-8-5-6-13-21(17)22(24)23-19-11-7-12-20(16-19)25-15-14-18-9-3-2-4-10-18/h2-13,16H,14-15H2,1H3,(H,23,24). The van der Waals surface area contributed by atoms with Crippen LogP contribution in [0.4, 0.5) is 5.69 Å². The van der Waals surface area contributed by atoms with Crippen molar-refractivity contribution < 1.29 is 9.53 Å². The van der Waals surface area contributed by atoms with E-state index < -0.39 is 0 Å². The van der Waals surface area contributed by atoms with E-state index >= 15 is 0 Å². The average molecular weight is 331 g/mol.